The van der Waals surface area contributed by atoms with Crippen molar-refractivity contribution >= 4 is 11.3 Å². The lowest BCUT2D eigenvalue weighted by Gasteiger charge is -2.51. The standard InChI is InChI=1S/C26H30N2OS/c1-29-22-8-4-7-20(16-22)24-10-3-2-6-21(24)17-25-26(19-11-13-28(25)14-12-19)27-18-23-9-5-15-30-23/h2-10,15-16,19,25-27H,11-14,17-18H2,1H3. The second-order valence-electron chi connectivity index (χ2n) is 8.52. The zero-order valence-corrected chi connectivity index (χ0v) is 18.4. The van der Waals surface area contributed by atoms with E-state index in [1.807, 2.05) is 17.4 Å². The molecule has 0 amide bonds. The molecule has 3 aliphatic heterocycles. The molecule has 2 bridgehead atoms. The van der Waals surface area contributed by atoms with Crippen LogP contribution in [0.25, 0.3) is 11.1 Å². The van der Waals surface area contributed by atoms with Crippen LogP contribution in [-0.4, -0.2) is 37.2 Å². The van der Waals surface area contributed by atoms with Crippen LogP contribution in [0, 0.1) is 5.92 Å². The fourth-order valence-electron chi connectivity index (χ4n) is 5.34. The van der Waals surface area contributed by atoms with Gasteiger partial charge in [0.05, 0.1) is 7.11 Å². The highest BCUT2D eigenvalue weighted by Crippen LogP contribution is 2.36. The molecule has 3 saturated heterocycles. The molecule has 0 saturated carbocycles. The van der Waals surface area contributed by atoms with Gasteiger partial charge in [-0.3, -0.25) is 4.90 Å². The maximum Gasteiger partial charge on any atom is 0.119 e. The van der Waals surface area contributed by atoms with Crippen LogP contribution in [0.1, 0.15) is 23.3 Å². The Labute approximate surface area is 183 Å². The van der Waals surface area contributed by atoms with Crippen LogP contribution in [0.3, 0.4) is 0 Å². The average molecular weight is 419 g/mol. The van der Waals surface area contributed by atoms with Crippen molar-refractivity contribution in [2.45, 2.75) is 37.9 Å². The van der Waals surface area contributed by atoms with Gasteiger partial charge >= 0.3 is 0 Å². The smallest absolute Gasteiger partial charge is 0.119 e. The Hall–Kier alpha value is -2.14. The van der Waals surface area contributed by atoms with E-state index < -0.39 is 0 Å². The van der Waals surface area contributed by atoms with Crippen molar-refractivity contribution in [1.82, 2.24) is 10.2 Å². The van der Waals surface area contributed by atoms with Crippen LogP contribution in [-0.2, 0) is 13.0 Å². The maximum absolute atomic E-state index is 5.47. The van der Waals surface area contributed by atoms with Gasteiger partial charge in [0.2, 0.25) is 0 Å². The van der Waals surface area contributed by atoms with Crippen LogP contribution in [0.2, 0.25) is 0 Å². The molecule has 0 spiro atoms. The minimum atomic E-state index is 0.559. The van der Waals surface area contributed by atoms with Crippen molar-refractivity contribution in [1.29, 1.82) is 0 Å². The van der Waals surface area contributed by atoms with E-state index in [1.165, 1.54) is 47.5 Å². The van der Waals surface area contributed by atoms with Crippen molar-refractivity contribution in [3.05, 3.63) is 76.5 Å². The highest BCUT2D eigenvalue weighted by atomic mass is 32.1. The lowest BCUT2D eigenvalue weighted by molar-refractivity contribution is 0.0128. The molecule has 3 aliphatic rings. The average Bonchev–Trinajstić information content (AvgIpc) is 3.33. The Morgan fingerprint density at radius 2 is 1.90 bits per heavy atom. The molecule has 3 aromatic rings. The number of ether oxygens (including phenoxy) is 1. The largest absolute Gasteiger partial charge is 0.497 e. The van der Waals surface area contributed by atoms with Gasteiger partial charge in [0.15, 0.2) is 0 Å². The molecule has 0 aliphatic carbocycles. The molecule has 2 atom stereocenters. The van der Waals surface area contributed by atoms with Crippen molar-refractivity contribution in [3.63, 3.8) is 0 Å². The predicted octanol–water partition coefficient (Wildman–Crippen LogP) is 5.22. The molecule has 3 nitrogen and oxygen atoms in total. The quantitative estimate of drug-likeness (QED) is 0.569. The first kappa shape index (κ1) is 19.8. The van der Waals surface area contributed by atoms with Crippen LogP contribution >= 0.6 is 11.3 Å². The fourth-order valence-corrected chi connectivity index (χ4v) is 5.99. The van der Waals surface area contributed by atoms with Gasteiger partial charge in [-0.2, -0.15) is 0 Å². The van der Waals surface area contributed by atoms with Crippen LogP contribution in [0.15, 0.2) is 66.0 Å². The zero-order valence-electron chi connectivity index (χ0n) is 17.6. The maximum atomic E-state index is 5.47. The van der Waals surface area contributed by atoms with Gasteiger partial charge in [-0.1, -0.05) is 42.5 Å². The van der Waals surface area contributed by atoms with Crippen LogP contribution < -0.4 is 10.1 Å². The molecule has 6 rings (SSSR count). The molecule has 156 valence electrons. The van der Waals surface area contributed by atoms with Crippen molar-refractivity contribution in [3.8, 4) is 16.9 Å². The third-order valence-corrected chi connectivity index (χ3v) is 7.76. The minimum absolute atomic E-state index is 0.559. The second-order valence-corrected chi connectivity index (χ2v) is 9.55. The summed E-state index contributed by atoms with van der Waals surface area (Å²) in [6.07, 6.45) is 3.75. The molecule has 4 heteroatoms. The number of nitrogens with zero attached hydrogens (tertiary/aromatic N) is 1. The molecule has 2 aromatic carbocycles. The topological polar surface area (TPSA) is 24.5 Å². The Morgan fingerprint density at radius 3 is 2.70 bits per heavy atom. The summed E-state index contributed by atoms with van der Waals surface area (Å²) >= 11 is 1.85. The van der Waals surface area contributed by atoms with E-state index in [0.717, 1.165) is 24.6 Å². The van der Waals surface area contributed by atoms with E-state index in [9.17, 15) is 0 Å². The number of rotatable bonds is 7. The first-order valence-electron chi connectivity index (χ1n) is 11.0. The number of hydrogen-bond acceptors (Lipinski definition) is 4. The SMILES string of the molecule is COc1cccc(-c2ccccc2CC2C(NCc3cccs3)C3CCN2CC3)c1. The van der Waals surface area contributed by atoms with Crippen molar-refractivity contribution in [2.24, 2.45) is 5.92 Å². The third kappa shape index (κ3) is 4.04. The summed E-state index contributed by atoms with van der Waals surface area (Å²) < 4.78 is 5.47. The van der Waals surface area contributed by atoms with Crippen LogP contribution in [0.5, 0.6) is 5.75 Å². The summed E-state index contributed by atoms with van der Waals surface area (Å²) in [5.74, 6) is 1.71. The Balaban J connectivity index is 1.40. The first-order chi connectivity index (χ1) is 14.8. The summed E-state index contributed by atoms with van der Waals surface area (Å²) in [5, 5.41) is 6.13. The summed E-state index contributed by atoms with van der Waals surface area (Å²) in [7, 11) is 1.74. The van der Waals surface area contributed by atoms with E-state index in [1.54, 1.807) is 7.11 Å². The summed E-state index contributed by atoms with van der Waals surface area (Å²) in [6.45, 7) is 3.47. The number of thiophene rings is 1. The van der Waals surface area contributed by atoms with Crippen molar-refractivity contribution in [2.75, 3.05) is 20.2 Å². The molecular weight excluding hydrogens is 388 g/mol. The highest BCUT2D eigenvalue weighted by Gasteiger charge is 2.41. The number of benzene rings is 2. The first-order valence-corrected chi connectivity index (χ1v) is 11.9. The number of hydrogen-bond donors (Lipinski definition) is 1. The second kappa shape index (κ2) is 8.93. The zero-order chi connectivity index (χ0) is 20.3. The van der Waals surface area contributed by atoms with E-state index in [2.05, 4.69) is 70.2 Å². The van der Waals surface area contributed by atoms with E-state index in [0.29, 0.717) is 12.1 Å². The fraction of sp³-hybridized carbons (Fsp3) is 0.385. The number of nitrogens with one attached hydrogen (secondary N) is 1. The molecule has 1 N–H and O–H groups in total. The van der Waals surface area contributed by atoms with Gasteiger partial charge in [-0.25, -0.2) is 0 Å². The molecule has 1 aromatic heterocycles. The van der Waals surface area contributed by atoms with E-state index in [4.69, 9.17) is 4.74 Å². The normalized spacial score (nSPS) is 25.4. The number of fused-ring (bicyclic) bond motifs is 3. The van der Waals surface area contributed by atoms with Crippen LogP contribution in [0.4, 0.5) is 0 Å². The predicted molar refractivity (Wildman–Crippen MR) is 125 cm³/mol. The molecular formula is C26H30N2OS. The Morgan fingerprint density at radius 1 is 1.03 bits per heavy atom. The molecule has 4 heterocycles. The highest BCUT2D eigenvalue weighted by molar-refractivity contribution is 7.09. The minimum Gasteiger partial charge on any atom is -0.497 e. The van der Waals surface area contributed by atoms with Gasteiger partial charge in [-0.05, 0) is 78.5 Å². The molecule has 30 heavy (non-hydrogen) atoms. The molecule has 2 unspecified atom stereocenters. The summed E-state index contributed by atoms with van der Waals surface area (Å²) in [6, 6.07) is 22.9. The monoisotopic (exact) mass is 418 g/mol. The Kier molecular flexibility index (Phi) is 5.89. The van der Waals surface area contributed by atoms with Gasteiger partial charge in [0.25, 0.3) is 0 Å². The number of methoxy groups -OCH3 is 1. The van der Waals surface area contributed by atoms with E-state index >= 15 is 0 Å². The Bertz CT molecular complexity index is 963. The summed E-state index contributed by atoms with van der Waals surface area (Å²) in [5.41, 5.74) is 4.01. The van der Waals surface area contributed by atoms with Gasteiger partial charge in [0, 0.05) is 23.5 Å². The lowest BCUT2D eigenvalue weighted by Crippen LogP contribution is -2.63. The molecule has 0 radical (unpaired) electrons. The van der Waals surface area contributed by atoms with Gasteiger partial charge in [0.1, 0.15) is 5.75 Å². The lowest BCUT2D eigenvalue weighted by atomic mass is 9.76. The molecule has 3 fully saturated rings. The summed E-state index contributed by atoms with van der Waals surface area (Å²) in [4.78, 5) is 4.16. The third-order valence-electron chi connectivity index (χ3n) is 6.88. The van der Waals surface area contributed by atoms with E-state index in [-0.39, 0.29) is 0 Å². The number of piperidine rings is 3. The van der Waals surface area contributed by atoms with Gasteiger partial charge in [-0.15, -0.1) is 11.3 Å². The van der Waals surface area contributed by atoms with Gasteiger partial charge < -0.3 is 10.1 Å². The van der Waals surface area contributed by atoms with Crippen molar-refractivity contribution < 1.29 is 4.74 Å².